The zero-order valence-electron chi connectivity index (χ0n) is 9.23. The van der Waals surface area contributed by atoms with Gasteiger partial charge < -0.3 is 10.1 Å². The molecule has 2 heterocycles. The van der Waals surface area contributed by atoms with Gasteiger partial charge in [-0.05, 0) is 32.4 Å². The monoisotopic (exact) mass is 185 g/mol. The molecular formula is C11H23NO. The molecule has 1 N–H and O–H groups in total. The zero-order valence-corrected chi connectivity index (χ0v) is 9.23. The van der Waals surface area contributed by atoms with Crippen LogP contribution in [0.4, 0.5) is 0 Å². The van der Waals surface area contributed by atoms with Crippen molar-refractivity contribution in [3.05, 3.63) is 0 Å². The number of hydrogen-bond donors (Lipinski definition) is 1. The quantitative estimate of drug-likeness (QED) is 0.677. The van der Waals surface area contributed by atoms with Crippen LogP contribution in [0, 0.1) is 0 Å². The molecule has 2 heteroatoms. The molecule has 0 saturated carbocycles. The second-order valence-corrected chi connectivity index (χ2v) is 3.79. The van der Waals surface area contributed by atoms with Crippen molar-refractivity contribution in [2.24, 2.45) is 0 Å². The first-order valence-corrected chi connectivity index (χ1v) is 5.73. The highest BCUT2D eigenvalue weighted by Crippen LogP contribution is 2.40. The van der Waals surface area contributed by atoms with Crippen LogP contribution in [0.1, 0.15) is 46.5 Å². The first kappa shape index (κ1) is 11.0. The molecule has 2 aliphatic rings. The van der Waals surface area contributed by atoms with Crippen molar-refractivity contribution in [3.63, 3.8) is 0 Å². The van der Waals surface area contributed by atoms with E-state index in [-0.39, 0.29) is 0 Å². The van der Waals surface area contributed by atoms with Crippen molar-refractivity contribution in [1.82, 2.24) is 5.32 Å². The van der Waals surface area contributed by atoms with Gasteiger partial charge in [-0.15, -0.1) is 0 Å². The van der Waals surface area contributed by atoms with E-state index < -0.39 is 0 Å². The maximum absolute atomic E-state index is 5.88. The van der Waals surface area contributed by atoms with E-state index in [2.05, 4.69) is 12.2 Å². The SMILES string of the molecule is CC.CCC1CC2(CCNCC2)O1. The smallest absolute Gasteiger partial charge is 0.0735 e. The number of piperidine rings is 1. The molecule has 1 spiro atoms. The van der Waals surface area contributed by atoms with Gasteiger partial charge in [0.2, 0.25) is 0 Å². The van der Waals surface area contributed by atoms with E-state index in [0.29, 0.717) is 11.7 Å². The Kier molecular flexibility index (Phi) is 4.20. The molecule has 2 rings (SSSR count). The lowest BCUT2D eigenvalue weighted by molar-refractivity contribution is -0.217. The molecule has 2 nitrogen and oxygen atoms in total. The fraction of sp³-hybridized carbons (Fsp3) is 1.00. The highest BCUT2D eigenvalue weighted by Gasteiger charge is 2.44. The van der Waals surface area contributed by atoms with Crippen LogP contribution < -0.4 is 5.32 Å². The van der Waals surface area contributed by atoms with Crippen molar-refractivity contribution in [1.29, 1.82) is 0 Å². The van der Waals surface area contributed by atoms with Gasteiger partial charge in [0.25, 0.3) is 0 Å². The van der Waals surface area contributed by atoms with E-state index in [1.54, 1.807) is 0 Å². The Morgan fingerprint density at radius 3 is 2.31 bits per heavy atom. The molecule has 1 unspecified atom stereocenters. The highest BCUT2D eigenvalue weighted by molar-refractivity contribution is 4.96. The lowest BCUT2D eigenvalue weighted by Crippen LogP contribution is -2.55. The van der Waals surface area contributed by atoms with Crippen molar-refractivity contribution < 1.29 is 4.74 Å². The van der Waals surface area contributed by atoms with Gasteiger partial charge in [0.05, 0.1) is 11.7 Å². The molecule has 0 aromatic rings. The Morgan fingerprint density at radius 2 is 1.85 bits per heavy atom. The molecule has 0 amide bonds. The summed E-state index contributed by atoms with van der Waals surface area (Å²) in [5.74, 6) is 0. The van der Waals surface area contributed by atoms with Crippen LogP contribution in [-0.4, -0.2) is 24.8 Å². The third kappa shape index (κ3) is 2.44. The Hall–Kier alpha value is -0.0800. The minimum absolute atomic E-state index is 0.311. The molecule has 0 aromatic heterocycles. The van der Waals surface area contributed by atoms with Gasteiger partial charge >= 0.3 is 0 Å². The number of nitrogens with one attached hydrogen (secondary N) is 1. The van der Waals surface area contributed by atoms with Gasteiger partial charge in [-0.1, -0.05) is 20.8 Å². The summed E-state index contributed by atoms with van der Waals surface area (Å²) in [4.78, 5) is 0. The van der Waals surface area contributed by atoms with Crippen molar-refractivity contribution in [2.45, 2.75) is 58.2 Å². The number of hydrogen-bond acceptors (Lipinski definition) is 2. The summed E-state index contributed by atoms with van der Waals surface area (Å²) in [6.45, 7) is 8.51. The number of rotatable bonds is 1. The average Bonchev–Trinajstić information content (AvgIpc) is 2.18. The first-order chi connectivity index (χ1) is 6.35. The average molecular weight is 185 g/mol. The molecule has 0 bridgehead atoms. The molecule has 78 valence electrons. The molecule has 2 fully saturated rings. The highest BCUT2D eigenvalue weighted by atomic mass is 16.5. The van der Waals surface area contributed by atoms with Crippen molar-refractivity contribution in [2.75, 3.05) is 13.1 Å². The third-order valence-corrected chi connectivity index (χ3v) is 2.99. The van der Waals surface area contributed by atoms with E-state index in [9.17, 15) is 0 Å². The fourth-order valence-corrected chi connectivity index (χ4v) is 2.19. The van der Waals surface area contributed by atoms with E-state index in [1.165, 1.54) is 25.7 Å². The molecule has 2 aliphatic heterocycles. The maximum Gasteiger partial charge on any atom is 0.0735 e. The van der Waals surface area contributed by atoms with Crippen molar-refractivity contribution in [3.8, 4) is 0 Å². The molecule has 13 heavy (non-hydrogen) atoms. The maximum atomic E-state index is 5.88. The largest absolute Gasteiger partial charge is 0.371 e. The van der Waals surface area contributed by atoms with E-state index in [4.69, 9.17) is 4.74 Å². The minimum atomic E-state index is 0.311. The predicted octanol–water partition coefficient (Wildman–Crippen LogP) is 2.33. The van der Waals surface area contributed by atoms with E-state index in [1.807, 2.05) is 13.8 Å². The van der Waals surface area contributed by atoms with Gasteiger partial charge in [-0.25, -0.2) is 0 Å². The summed E-state index contributed by atoms with van der Waals surface area (Å²) in [5, 5.41) is 3.36. The van der Waals surface area contributed by atoms with E-state index >= 15 is 0 Å². The van der Waals surface area contributed by atoms with Crippen LogP contribution in [-0.2, 0) is 4.74 Å². The Balaban J connectivity index is 0.000000396. The Bertz CT molecular complexity index is 133. The minimum Gasteiger partial charge on any atom is -0.371 e. The molecular weight excluding hydrogens is 162 g/mol. The zero-order chi connectivity index (χ0) is 9.73. The van der Waals surface area contributed by atoms with Crippen LogP contribution >= 0.6 is 0 Å². The Labute approximate surface area is 82.0 Å². The molecule has 0 aliphatic carbocycles. The number of ether oxygens (including phenoxy) is 1. The van der Waals surface area contributed by atoms with Gasteiger partial charge in [0, 0.05) is 6.42 Å². The fourth-order valence-electron chi connectivity index (χ4n) is 2.19. The summed E-state index contributed by atoms with van der Waals surface area (Å²) in [5.41, 5.74) is 0.311. The normalized spacial score (nSPS) is 30.2. The Morgan fingerprint density at radius 1 is 1.31 bits per heavy atom. The molecule has 0 radical (unpaired) electrons. The lowest BCUT2D eigenvalue weighted by Gasteiger charge is -2.50. The van der Waals surface area contributed by atoms with Crippen LogP contribution in [0.15, 0.2) is 0 Å². The summed E-state index contributed by atoms with van der Waals surface area (Å²) in [6, 6.07) is 0. The van der Waals surface area contributed by atoms with Crippen LogP contribution in [0.2, 0.25) is 0 Å². The first-order valence-electron chi connectivity index (χ1n) is 5.73. The van der Waals surface area contributed by atoms with Crippen molar-refractivity contribution >= 4 is 0 Å². The van der Waals surface area contributed by atoms with Gasteiger partial charge in [-0.2, -0.15) is 0 Å². The van der Waals surface area contributed by atoms with E-state index in [0.717, 1.165) is 13.1 Å². The van der Waals surface area contributed by atoms with Crippen LogP contribution in [0.3, 0.4) is 0 Å². The second-order valence-electron chi connectivity index (χ2n) is 3.79. The summed E-state index contributed by atoms with van der Waals surface area (Å²) in [6.07, 6.45) is 5.53. The molecule has 0 aromatic carbocycles. The molecule has 1 atom stereocenters. The summed E-state index contributed by atoms with van der Waals surface area (Å²) >= 11 is 0. The third-order valence-electron chi connectivity index (χ3n) is 2.99. The van der Waals surface area contributed by atoms with Gasteiger partial charge in [0.15, 0.2) is 0 Å². The van der Waals surface area contributed by atoms with Gasteiger partial charge in [-0.3, -0.25) is 0 Å². The lowest BCUT2D eigenvalue weighted by atomic mass is 9.80. The van der Waals surface area contributed by atoms with Crippen LogP contribution in [0.5, 0.6) is 0 Å². The predicted molar refractivity (Wildman–Crippen MR) is 56.0 cm³/mol. The standard InChI is InChI=1S/C9H17NO.C2H6/c1-2-8-7-9(11-8)3-5-10-6-4-9;1-2/h8,10H,2-7H2,1H3;1-2H3. The molecule has 2 saturated heterocycles. The summed E-state index contributed by atoms with van der Waals surface area (Å²) < 4.78 is 5.88. The summed E-state index contributed by atoms with van der Waals surface area (Å²) in [7, 11) is 0. The topological polar surface area (TPSA) is 21.3 Å². The van der Waals surface area contributed by atoms with Crippen LogP contribution in [0.25, 0.3) is 0 Å². The second kappa shape index (κ2) is 4.97. The van der Waals surface area contributed by atoms with Gasteiger partial charge in [0.1, 0.15) is 0 Å².